The van der Waals surface area contributed by atoms with E-state index in [1.54, 1.807) is 4.90 Å². The monoisotopic (exact) mass is 253 g/mol. The molecule has 0 unspecified atom stereocenters. The van der Waals surface area contributed by atoms with E-state index in [2.05, 4.69) is 4.99 Å². The maximum Gasteiger partial charge on any atom is 0.221 e. The van der Waals surface area contributed by atoms with Crippen molar-refractivity contribution in [2.24, 2.45) is 16.5 Å². The Hall–Kier alpha value is -1.75. The Morgan fingerprint density at radius 2 is 1.94 bits per heavy atom. The van der Waals surface area contributed by atoms with E-state index < -0.39 is 0 Å². The van der Waals surface area contributed by atoms with E-state index in [1.807, 2.05) is 31.2 Å². The second kappa shape index (κ2) is 6.10. The zero-order valence-corrected chi connectivity index (χ0v) is 10.4. The average Bonchev–Trinajstić information content (AvgIpc) is 2.27. The Bertz CT molecular complexity index is 408. The molecule has 1 rings (SSSR count). The molecular formula is C11H16ClN5. The minimum absolute atomic E-state index is 0.0578. The molecule has 1 aromatic carbocycles. The summed E-state index contributed by atoms with van der Waals surface area (Å²) in [5.74, 6) is -0.0491. The Labute approximate surface area is 106 Å². The number of nitrogens with two attached hydrogens (primary N) is 2. The molecule has 0 radical (unpaired) electrons. The van der Waals surface area contributed by atoms with Crippen LogP contribution in [0, 0.1) is 5.41 Å². The van der Waals surface area contributed by atoms with Crippen molar-refractivity contribution in [1.29, 1.82) is 5.41 Å². The lowest BCUT2D eigenvalue weighted by molar-refractivity contribution is 0.428. The number of hydrogen-bond donors (Lipinski definition) is 3. The van der Waals surface area contributed by atoms with Crippen LogP contribution in [0.3, 0.4) is 0 Å². The Balaban J connectivity index is 2.73. The largest absolute Gasteiger partial charge is 0.370 e. The molecule has 0 bridgehead atoms. The molecule has 0 fully saturated rings. The lowest BCUT2D eigenvalue weighted by atomic mass is 10.2. The van der Waals surface area contributed by atoms with Gasteiger partial charge in [0.05, 0.1) is 0 Å². The summed E-state index contributed by atoms with van der Waals surface area (Å²) >= 11 is 5.80. The van der Waals surface area contributed by atoms with E-state index in [-0.39, 0.29) is 11.9 Å². The van der Waals surface area contributed by atoms with E-state index in [0.717, 1.165) is 5.56 Å². The molecule has 5 N–H and O–H groups in total. The third-order valence-corrected chi connectivity index (χ3v) is 2.45. The van der Waals surface area contributed by atoms with Gasteiger partial charge in [-0.3, -0.25) is 5.41 Å². The highest BCUT2D eigenvalue weighted by atomic mass is 35.5. The summed E-state index contributed by atoms with van der Waals surface area (Å²) in [4.78, 5) is 5.47. The number of rotatable bonds is 3. The fourth-order valence-corrected chi connectivity index (χ4v) is 1.47. The number of nitrogens with one attached hydrogen (secondary N) is 1. The second-order valence-electron chi connectivity index (χ2n) is 3.50. The van der Waals surface area contributed by atoms with Crippen LogP contribution in [-0.4, -0.2) is 23.4 Å². The summed E-state index contributed by atoms with van der Waals surface area (Å²) in [7, 11) is 0. The molecule has 0 saturated carbocycles. The van der Waals surface area contributed by atoms with Gasteiger partial charge in [0.2, 0.25) is 5.96 Å². The summed E-state index contributed by atoms with van der Waals surface area (Å²) in [6.45, 7) is 3.16. The summed E-state index contributed by atoms with van der Waals surface area (Å²) < 4.78 is 0. The number of benzene rings is 1. The zero-order chi connectivity index (χ0) is 12.8. The van der Waals surface area contributed by atoms with Crippen LogP contribution in [0.2, 0.25) is 5.02 Å². The Kier molecular flexibility index (Phi) is 4.78. The fourth-order valence-electron chi connectivity index (χ4n) is 1.34. The van der Waals surface area contributed by atoms with Gasteiger partial charge in [-0.05, 0) is 24.6 Å². The van der Waals surface area contributed by atoms with Crippen LogP contribution in [0.5, 0.6) is 0 Å². The summed E-state index contributed by atoms with van der Waals surface area (Å²) in [6, 6.07) is 7.45. The second-order valence-corrected chi connectivity index (χ2v) is 3.94. The highest BCUT2D eigenvalue weighted by molar-refractivity contribution is 6.30. The molecule has 0 aliphatic rings. The molecule has 0 spiro atoms. The van der Waals surface area contributed by atoms with Gasteiger partial charge in [0, 0.05) is 18.1 Å². The van der Waals surface area contributed by atoms with Gasteiger partial charge in [-0.15, -0.1) is 0 Å². The van der Waals surface area contributed by atoms with Crippen molar-refractivity contribution in [2.75, 3.05) is 6.54 Å². The predicted molar refractivity (Wildman–Crippen MR) is 71.1 cm³/mol. The van der Waals surface area contributed by atoms with Crippen molar-refractivity contribution in [3.63, 3.8) is 0 Å². The van der Waals surface area contributed by atoms with Crippen molar-refractivity contribution in [3.8, 4) is 0 Å². The lowest BCUT2D eigenvalue weighted by Gasteiger charge is -2.20. The molecule has 0 saturated heterocycles. The van der Waals surface area contributed by atoms with Gasteiger partial charge in [0.15, 0.2) is 5.96 Å². The molecule has 17 heavy (non-hydrogen) atoms. The summed E-state index contributed by atoms with van der Waals surface area (Å²) in [6.07, 6.45) is 0. The lowest BCUT2D eigenvalue weighted by Crippen LogP contribution is -2.32. The molecule has 0 aromatic heterocycles. The van der Waals surface area contributed by atoms with Crippen LogP contribution < -0.4 is 11.5 Å². The first-order valence-electron chi connectivity index (χ1n) is 5.20. The molecule has 0 aliphatic carbocycles. The van der Waals surface area contributed by atoms with Crippen molar-refractivity contribution in [3.05, 3.63) is 34.9 Å². The van der Waals surface area contributed by atoms with Crippen molar-refractivity contribution >= 4 is 23.5 Å². The quantitative estimate of drug-likeness (QED) is 0.561. The van der Waals surface area contributed by atoms with E-state index >= 15 is 0 Å². The van der Waals surface area contributed by atoms with Crippen LogP contribution in [0.25, 0.3) is 0 Å². The van der Waals surface area contributed by atoms with Crippen LogP contribution in [0.4, 0.5) is 0 Å². The van der Waals surface area contributed by atoms with Gasteiger partial charge in [-0.2, -0.15) is 4.99 Å². The van der Waals surface area contributed by atoms with E-state index in [0.29, 0.717) is 18.1 Å². The number of guanidine groups is 2. The summed E-state index contributed by atoms with van der Waals surface area (Å²) in [5.41, 5.74) is 11.5. The third-order valence-electron chi connectivity index (χ3n) is 2.20. The maximum atomic E-state index is 7.72. The van der Waals surface area contributed by atoms with Gasteiger partial charge in [0.25, 0.3) is 0 Å². The molecule has 5 nitrogen and oxygen atoms in total. The normalized spacial score (nSPS) is 9.76. The SMILES string of the molecule is CCN(Cc1ccc(Cl)cc1)C(=N)N=C(N)N. The first-order valence-corrected chi connectivity index (χ1v) is 5.58. The molecule has 92 valence electrons. The van der Waals surface area contributed by atoms with E-state index in [4.69, 9.17) is 28.5 Å². The zero-order valence-electron chi connectivity index (χ0n) is 9.65. The van der Waals surface area contributed by atoms with Crippen molar-refractivity contribution in [1.82, 2.24) is 4.90 Å². The topological polar surface area (TPSA) is 91.5 Å². The first kappa shape index (κ1) is 13.3. The molecule has 6 heteroatoms. The van der Waals surface area contributed by atoms with Crippen LogP contribution >= 0.6 is 11.6 Å². The van der Waals surface area contributed by atoms with E-state index in [9.17, 15) is 0 Å². The van der Waals surface area contributed by atoms with Gasteiger partial charge in [0.1, 0.15) is 0 Å². The Morgan fingerprint density at radius 3 is 2.41 bits per heavy atom. The molecule has 0 heterocycles. The van der Waals surface area contributed by atoms with Gasteiger partial charge in [-0.25, -0.2) is 0 Å². The van der Waals surface area contributed by atoms with Gasteiger partial charge in [-0.1, -0.05) is 23.7 Å². The molecule has 0 atom stereocenters. The van der Waals surface area contributed by atoms with Crippen molar-refractivity contribution < 1.29 is 0 Å². The van der Waals surface area contributed by atoms with E-state index in [1.165, 1.54) is 0 Å². The van der Waals surface area contributed by atoms with Crippen LogP contribution in [0.1, 0.15) is 12.5 Å². The van der Waals surface area contributed by atoms with Crippen LogP contribution in [0.15, 0.2) is 29.3 Å². The van der Waals surface area contributed by atoms with Crippen molar-refractivity contribution in [2.45, 2.75) is 13.5 Å². The highest BCUT2D eigenvalue weighted by Gasteiger charge is 2.07. The highest BCUT2D eigenvalue weighted by Crippen LogP contribution is 2.11. The molecule has 1 aromatic rings. The smallest absolute Gasteiger partial charge is 0.221 e. The minimum atomic E-state index is -0.107. The molecule has 0 amide bonds. The predicted octanol–water partition coefficient (Wildman–Crippen LogP) is 1.37. The van der Waals surface area contributed by atoms with Crippen LogP contribution in [-0.2, 0) is 6.54 Å². The number of hydrogen-bond acceptors (Lipinski definition) is 1. The standard InChI is InChI=1S/C11H16ClN5/c1-2-17(11(15)16-10(13)14)7-8-3-5-9(12)6-4-8/h3-6H,2,7H2,1H3,(H5,13,14,15,16). The number of aliphatic imine (C=N–C) groups is 1. The van der Waals surface area contributed by atoms with Gasteiger partial charge < -0.3 is 16.4 Å². The fraction of sp³-hybridized carbons (Fsp3) is 0.273. The van der Waals surface area contributed by atoms with Gasteiger partial charge >= 0.3 is 0 Å². The minimum Gasteiger partial charge on any atom is -0.370 e. The molecular weight excluding hydrogens is 238 g/mol. The Morgan fingerprint density at radius 1 is 1.35 bits per heavy atom. The number of nitrogens with zero attached hydrogens (tertiary/aromatic N) is 2. The summed E-state index contributed by atoms with van der Waals surface area (Å²) in [5, 5.41) is 8.41. The molecule has 0 aliphatic heterocycles. The maximum absolute atomic E-state index is 7.72. The average molecular weight is 254 g/mol. The third kappa shape index (κ3) is 4.32. The number of halogens is 1. The first-order chi connectivity index (χ1) is 8.02.